The minimum atomic E-state index is 0.756. The summed E-state index contributed by atoms with van der Waals surface area (Å²) in [6.45, 7) is 9.51. The summed E-state index contributed by atoms with van der Waals surface area (Å²) >= 11 is 0. The van der Waals surface area contributed by atoms with Gasteiger partial charge in [-0.2, -0.15) is 0 Å². The van der Waals surface area contributed by atoms with Crippen molar-refractivity contribution < 1.29 is 0 Å². The number of rotatable bonds is 3. The molecule has 2 fully saturated rings. The average Bonchev–Trinajstić information content (AvgIpc) is 2.39. The molecule has 1 heteroatoms. The monoisotopic (exact) mass is 153 g/mol. The maximum Gasteiger partial charge on any atom is 0.0186 e. The molecule has 1 nitrogen and oxygen atoms in total. The van der Waals surface area contributed by atoms with Gasteiger partial charge < -0.3 is 4.90 Å². The van der Waals surface area contributed by atoms with Crippen molar-refractivity contribution in [2.75, 3.05) is 13.1 Å². The maximum absolute atomic E-state index is 2.64. The Kier molecular flexibility index (Phi) is 1.54. The molecule has 2 rings (SSSR count). The van der Waals surface area contributed by atoms with E-state index in [1.165, 1.54) is 25.9 Å². The van der Waals surface area contributed by atoms with E-state index in [4.69, 9.17) is 0 Å². The van der Waals surface area contributed by atoms with E-state index in [0.717, 1.165) is 17.4 Å². The summed E-state index contributed by atoms with van der Waals surface area (Å²) < 4.78 is 0. The van der Waals surface area contributed by atoms with Crippen molar-refractivity contribution in [2.45, 2.75) is 39.7 Å². The van der Waals surface area contributed by atoms with Crippen molar-refractivity contribution in [3.8, 4) is 0 Å². The van der Waals surface area contributed by atoms with E-state index in [9.17, 15) is 0 Å². The van der Waals surface area contributed by atoms with E-state index in [1.54, 1.807) is 0 Å². The van der Waals surface area contributed by atoms with Crippen LogP contribution in [0.15, 0.2) is 0 Å². The van der Waals surface area contributed by atoms with Crippen LogP contribution < -0.4 is 0 Å². The number of hydrogen-bond donors (Lipinski definition) is 0. The van der Waals surface area contributed by atoms with Crippen LogP contribution in [-0.2, 0) is 0 Å². The van der Waals surface area contributed by atoms with Gasteiger partial charge >= 0.3 is 0 Å². The normalized spacial score (nSPS) is 46.9. The number of fused-ring (bicyclic) bond motifs is 1. The number of nitrogens with zero attached hydrogens (tertiary/aromatic N) is 1. The van der Waals surface area contributed by atoms with Gasteiger partial charge in [-0.15, -0.1) is 0 Å². The molecular formula is C10H19N. The molecule has 0 radical (unpaired) electrons. The topological polar surface area (TPSA) is 3.24 Å². The molecule has 64 valence electrons. The fourth-order valence-electron chi connectivity index (χ4n) is 3.00. The highest BCUT2D eigenvalue weighted by Gasteiger charge is 2.68. The van der Waals surface area contributed by atoms with E-state index >= 15 is 0 Å². The summed E-state index contributed by atoms with van der Waals surface area (Å²) in [7, 11) is 0. The third kappa shape index (κ3) is 0.807. The first kappa shape index (κ1) is 7.60. The molecule has 0 heterocycles. The smallest absolute Gasteiger partial charge is 0.0186 e. The largest absolute Gasteiger partial charge is 0.300 e. The SMILES string of the molecule is CCN(CC)[C@@H]1C2CCC21C. The molecule has 3 atom stereocenters. The third-order valence-corrected chi connectivity index (χ3v) is 3.99. The second-order valence-electron chi connectivity index (χ2n) is 4.32. The lowest BCUT2D eigenvalue weighted by molar-refractivity contribution is 0.253. The summed E-state index contributed by atoms with van der Waals surface area (Å²) in [4.78, 5) is 2.64. The van der Waals surface area contributed by atoms with Crippen LogP contribution in [0, 0.1) is 11.3 Å². The first-order valence-electron chi connectivity index (χ1n) is 4.98. The Balaban J connectivity index is 1.97. The molecule has 0 aromatic carbocycles. The molecule has 0 amide bonds. The lowest BCUT2D eigenvalue weighted by Crippen LogP contribution is -2.28. The van der Waals surface area contributed by atoms with Gasteiger partial charge in [0, 0.05) is 6.04 Å². The Bertz CT molecular complexity index is 162. The molecule has 0 aliphatic heterocycles. The molecule has 0 aromatic heterocycles. The van der Waals surface area contributed by atoms with E-state index in [2.05, 4.69) is 25.7 Å². The quantitative estimate of drug-likeness (QED) is 0.600. The van der Waals surface area contributed by atoms with Crippen molar-refractivity contribution in [1.29, 1.82) is 0 Å². The summed E-state index contributed by atoms with van der Waals surface area (Å²) in [5.41, 5.74) is 0.756. The van der Waals surface area contributed by atoms with E-state index in [0.29, 0.717) is 0 Å². The van der Waals surface area contributed by atoms with Crippen molar-refractivity contribution in [3.63, 3.8) is 0 Å². The van der Waals surface area contributed by atoms with Crippen LogP contribution in [0.1, 0.15) is 33.6 Å². The summed E-state index contributed by atoms with van der Waals surface area (Å²) in [5.74, 6) is 1.07. The fraction of sp³-hybridized carbons (Fsp3) is 1.00. The highest BCUT2D eigenvalue weighted by Crippen LogP contribution is 2.69. The van der Waals surface area contributed by atoms with Gasteiger partial charge in [-0.3, -0.25) is 0 Å². The predicted octanol–water partition coefficient (Wildman–Crippen LogP) is 2.13. The second-order valence-corrected chi connectivity index (χ2v) is 4.32. The van der Waals surface area contributed by atoms with Gasteiger partial charge in [0.15, 0.2) is 0 Å². The lowest BCUT2D eigenvalue weighted by Gasteiger charge is -2.21. The fourth-order valence-corrected chi connectivity index (χ4v) is 3.00. The highest BCUT2D eigenvalue weighted by atomic mass is 15.2. The maximum atomic E-state index is 2.64. The van der Waals surface area contributed by atoms with Gasteiger partial charge in [0.2, 0.25) is 0 Å². The predicted molar refractivity (Wildman–Crippen MR) is 47.5 cm³/mol. The van der Waals surface area contributed by atoms with E-state index in [-0.39, 0.29) is 0 Å². The van der Waals surface area contributed by atoms with Gasteiger partial charge in [0.05, 0.1) is 0 Å². The van der Waals surface area contributed by atoms with Crippen molar-refractivity contribution >= 4 is 0 Å². The molecule has 0 aromatic rings. The van der Waals surface area contributed by atoms with Crippen molar-refractivity contribution in [2.24, 2.45) is 11.3 Å². The Morgan fingerprint density at radius 2 is 1.91 bits per heavy atom. The minimum absolute atomic E-state index is 0.756. The van der Waals surface area contributed by atoms with Crippen LogP contribution >= 0.6 is 0 Å². The van der Waals surface area contributed by atoms with Crippen LogP contribution in [0.2, 0.25) is 0 Å². The molecule has 0 N–H and O–H groups in total. The molecule has 0 spiro atoms. The van der Waals surface area contributed by atoms with Crippen LogP contribution in [0.4, 0.5) is 0 Å². The lowest BCUT2D eigenvalue weighted by atomic mass is 9.87. The van der Waals surface area contributed by atoms with E-state index < -0.39 is 0 Å². The first-order chi connectivity index (χ1) is 5.24. The molecule has 2 aliphatic rings. The Hall–Kier alpha value is -0.0400. The van der Waals surface area contributed by atoms with Crippen LogP contribution in [0.25, 0.3) is 0 Å². The number of hydrogen-bond acceptors (Lipinski definition) is 1. The molecule has 0 saturated heterocycles. The van der Waals surface area contributed by atoms with E-state index in [1.807, 2.05) is 0 Å². The van der Waals surface area contributed by atoms with Crippen molar-refractivity contribution in [1.82, 2.24) is 4.90 Å². The molecular weight excluding hydrogens is 134 g/mol. The van der Waals surface area contributed by atoms with Gasteiger partial charge in [-0.25, -0.2) is 0 Å². The van der Waals surface area contributed by atoms with Gasteiger partial charge in [0.1, 0.15) is 0 Å². The van der Waals surface area contributed by atoms with Crippen LogP contribution in [0.3, 0.4) is 0 Å². The van der Waals surface area contributed by atoms with Gasteiger partial charge in [0.25, 0.3) is 0 Å². The molecule has 2 aliphatic carbocycles. The van der Waals surface area contributed by atoms with Crippen molar-refractivity contribution in [3.05, 3.63) is 0 Å². The van der Waals surface area contributed by atoms with Crippen LogP contribution in [0.5, 0.6) is 0 Å². The van der Waals surface area contributed by atoms with Gasteiger partial charge in [-0.1, -0.05) is 20.8 Å². The third-order valence-electron chi connectivity index (χ3n) is 3.99. The van der Waals surface area contributed by atoms with Gasteiger partial charge in [-0.05, 0) is 37.3 Å². The molecule has 0 bridgehead atoms. The van der Waals surface area contributed by atoms with Crippen LogP contribution in [-0.4, -0.2) is 24.0 Å². The Labute approximate surface area is 69.8 Å². The molecule has 2 unspecified atom stereocenters. The summed E-state index contributed by atoms with van der Waals surface area (Å²) in [6.07, 6.45) is 2.98. The minimum Gasteiger partial charge on any atom is -0.300 e. The summed E-state index contributed by atoms with van der Waals surface area (Å²) in [6, 6.07) is 0.956. The second kappa shape index (κ2) is 2.22. The Morgan fingerprint density at radius 3 is 2.18 bits per heavy atom. The average molecular weight is 153 g/mol. The summed E-state index contributed by atoms with van der Waals surface area (Å²) in [5, 5.41) is 0. The zero-order valence-electron chi connectivity index (χ0n) is 7.93. The first-order valence-corrected chi connectivity index (χ1v) is 4.98. The Morgan fingerprint density at radius 1 is 1.36 bits per heavy atom. The standard InChI is InChI=1S/C10H19N/c1-4-11(5-2)9-8-6-7-10(8,9)3/h8-9H,4-7H2,1-3H3/t8?,9-,10?/m1/s1. The zero-order chi connectivity index (χ0) is 8.06. The molecule has 2 saturated carbocycles. The zero-order valence-corrected chi connectivity index (χ0v) is 7.93. The molecule has 11 heavy (non-hydrogen) atoms. The highest BCUT2D eigenvalue weighted by molar-refractivity contribution is 5.20.